The highest BCUT2D eigenvalue weighted by atomic mass is 32.2. The van der Waals surface area contributed by atoms with Gasteiger partial charge in [0.25, 0.3) is 0 Å². The molecule has 0 atom stereocenters. The van der Waals surface area contributed by atoms with Crippen LogP contribution in [-0.2, 0) is 22.9 Å². The van der Waals surface area contributed by atoms with Gasteiger partial charge in [-0.2, -0.15) is 4.31 Å². The van der Waals surface area contributed by atoms with Crippen molar-refractivity contribution in [3.8, 4) is 0 Å². The Kier molecular flexibility index (Phi) is 3.84. The SMILES string of the molecule is CCCN(C1CNC1)S(=O)(=O)c1ccc2c(c1)CCC2. The molecule has 1 aliphatic carbocycles. The third-order valence-corrected chi connectivity index (χ3v) is 6.24. The van der Waals surface area contributed by atoms with Gasteiger partial charge in [-0.15, -0.1) is 0 Å². The maximum absolute atomic E-state index is 12.9. The first-order valence-corrected chi connectivity index (χ1v) is 8.91. The van der Waals surface area contributed by atoms with Crippen LogP contribution in [0.4, 0.5) is 0 Å². The first kappa shape index (κ1) is 14.0. The van der Waals surface area contributed by atoms with E-state index in [0.29, 0.717) is 11.4 Å². The summed E-state index contributed by atoms with van der Waals surface area (Å²) < 4.78 is 27.4. The lowest BCUT2D eigenvalue weighted by Gasteiger charge is -2.37. The summed E-state index contributed by atoms with van der Waals surface area (Å²) in [6, 6.07) is 5.80. The van der Waals surface area contributed by atoms with Gasteiger partial charge in [-0.1, -0.05) is 13.0 Å². The predicted molar refractivity (Wildman–Crippen MR) is 79.3 cm³/mol. The van der Waals surface area contributed by atoms with Crippen LogP contribution in [0.15, 0.2) is 23.1 Å². The Morgan fingerprint density at radius 1 is 1.25 bits per heavy atom. The van der Waals surface area contributed by atoms with Crippen molar-refractivity contribution in [2.45, 2.75) is 43.5 Å². The second-order valence-corrected chi connectivity index (χ2v) is 7.60. The van der Waals surface area contributed by atoms with E-state index in [4.69, 9.17) is 0 Å². The maximum atomic E-state index is 12.9. The minimum atomic E-state index is -3.35. The molecule has 1 aromatic rings. The second-order valence-electron chi connectivity index (χ2n) is 5.71. The molecule has 1 aliphatic heterocycles. The highest BCUT2D eigenvalue weighted by molar-refractivity contribution is 7.89. The quantitative estimate of drug-likeness (QED) is 0.896. The van der Waals surface area contributed by atoms with E-state index in [9.17, 15) is 8.42 Å². The van der Waals surface area contributed by atoms with E-state index in [-0.39, 0.29) is 6.04 Å². The molecule has 5 heteroatoms. The number of hydrogen-bond acceptors (Lipinski definition) is 3. The summed E-state index contributed by atoms with van der Waals surface area (Å²) in [6.45, 7) is 4.16. The van der Waals surface area contributed by atoms with Gasteiger partial charge in [0.05, 0.1) is 10.9 Å². The number of nitrogens with one attached hydrogen (secondary N) is 1. The molecule has 1 saturated heterocycles. The Hall–Kier alpha value is -0.910. The monoisotopic (exact) mass is 294 g/mol. The molecule has 2 aliphatic rings. The molecule has 1 N–H and O–H groups in total. The molecular weight excluding hydrogens is 272 g/mol. The molecule has 1 heterocycles. The van der Waals surface area contributed by atoms with Crippen LogP contribution in [0.3, 0.4) is 0 Å². The number of nitrogens with zero attached hydrogens (tertiary/aromatic N) is 1. The summed E-state index contributed by atoms with van der Waals surface area (Å²) in [5.41, 5.74) is 2.53. The van der Waals surface area contributed by atoms with Crippen LogP contribution < -0.4 is 5.32 Å². The normalized spacial score (nSPS) is 19.1. The molecule has 0 bridgehead atoms. The Balaban J connectivity index is 1.93. The third kappa shape index (κ3) is 2.38. The van der Waals surface area contributed by atoms with Crippen LogP contribution in [-0.4, -0.2) is 38.4 Å². The fourth-order valence-electron chi connectivity index (χ4n) is 3.04. The van der Waals surface area contributed by atoms with Crippen LogP contribution in [0.5, 0.6) is 0 Å². The number of fused-ring (bicyclic) bond motifs is 1. The number of aryl methyl sites for hydroxylation is 2. The van der Waals surface area contributed by atoms with Crippen molar-refractivity contribution in [1.82, 2.24) is 9.62 Å². The smallest absolute Gasteiger partial charge is 0.243 e. The molecule has 1 fully saturated rings. The van der Waals surface area contributed by atoms with Crippen LogP contribution in [0.1, 0.15) is 30.9 Å². The molecule has 0 saturated carbocycles. The van der Waals surface area contributed by atoms with Crippen molar-refractivity contribution >= 4 is 10.0 Å². The highest BCUT2D eigenvalue weighted by Gasteiger charge is 2.34. The van der Waals surface area contributed by atoms with E-state index < -0.39 is 10.0 Å². The van der Waals surface area contributed by atoms with E-state index in [0.717, 1.165) is 38.8 Å². The number of sulfonamides is 1. The first-order chi connectivity index (χ1) is 9.63. The fourth-order valence-corrected chi connectivity index (χ4v) is 4.81. The fraction of sp³-hybridized carbons (Fsp3) is 0.600. The highest BCUT2D eigenvalue weighted by Crippen LogP contribution is 2.27. The number of hydrogen-bond donors (Lipinski definition) is 1. The minimum Gasteiger partial charge on any atom is -0.313 e. The lowest BCUT2D eigenvalue weighted by Crippen LogP contribution is -2.58. The Morgan fingerprint density at radius 2 is 2.00 bits per heavy atom. The van der Waals surface area contributed by atoms with Gasteiger partial charge < -0.3 is 5.32 Å². The molecule has 110 valence electrons. The summed E-state index contributed by atoms with van der Waals surface area (Å²) in [6.07, 6.45) is 4.09. The van der Waals surface area contributed by atoms with Gasteiger partial charge in [0.1, 0.15) is 0 Å². The molecule has 3 rings (SSSR count). The Morgan fingerprint density at radius 3 is 2.65 bits per heavy atom. The summed E-state index contributed by atoms with van der Waals surface area (Å²) in [7, 11) is -3.35. The second kappa shape index (κ2) is 5.47. The predicted octanol–water partition coefficient (Wildman–Crippen LogP) is 1.55. The largest absolute Gasteiger partial charge is 0.313 e. The van der Waals surface area contributed by atoms with Crippen molar-refractivity contribution in [3.63, 3.8) is 0 Å². The van der Waals surface area contributed by atoms with Crippen molar-refractivity contribution in [2.75, 3.05) is 19.6 Å². The van der Waals surface area contributed by atoms with E-state index in [2.05, 4.69) is 5.32 Å². The number of benzene rings is 1. The molecule has 0 unspecified atom stereocenters. The molecule has 0 spiro atoms. The lowest BCUT2D eigenvalue weighted by molar-refractivity contribution is 0.242. The van der Waals surface area contributed by atoms with E-state index in [1.54, 1.807) is 10.4 Å². The van der Waals surface area contributed by atoms with E-state index in [1.807, 2.05) is 19.1 Å². The molecule has 20 heavy (non-hydrogen) atoms. The summed E-state index contributed by atoms with van der Waals surface area (Å²) >= 11 is 0. The molecule has 0 amide bonds. The van der Waals surface area contributed by atoms with Gasteiger partial charge >= 0.3 is 0 Å². The average molecular weight is 294 g/mol. The average Bonchev–Trinajstić information content (AvgIpc) is 2.83. The van der Waals surface area contributed by atoms with Gasteiger partial charge in [-0.3, -0.25) is 0 Å². The lowest BCUT2D eigenvalue weighted by atomic mass is 10.1. The van der Waals surface area contributed by atoms with Gasteiger partial charge in [0.2, 0.25) is 10.0 Å². The van der Waals surface area contributed by atoms with E-state index in [1.165, 1.54) is 11.1 Å². The zero-order valence-corrected chi connectivity index (χ0v) is 12.7. The molecular formula is C15H22N2O2S. The van der Waals surface area contributed by atoms with Gasteiger partial charge in [-0.05, 0) is 48.9 Å². The zero-order valence-electron chi connectivity index (χ0n) is 11.9. The van der Waals surface area contributed by atoms with Crippen LogP contribution >= 0.6 is 0 Å². The van der Waals surface area contributed by atoms with Crippen molar-refractivity contribution in [1.29, 1.82) is 0 Å². The molecule has 1 aromatic carbocycles. The minimum absolute atomic E-state index is 0.119. The summed E-state index contributed by atoms with van der Waals surface area (Å²) in [5.74, 6) is 0. The number of rotatable bonds is 5. The topological polar surface area (TPSA) is 49.4 Å². The van der Waals surface area contributed by atoms with Crippen LogP contribution in [0, 0.1) is 0 Å². The third-order valence-electron chi connectivity index (χ3n) is 4.29. The van der Waals surface area contributed by atoms with Crippen molar-refractivity contribution < 1.29 is 8.42 Å². The summed E-state index contributed by atoms with van der Waals surface area (Å²) in [5, 5.41) is 3.16. The molecule has 4 nitrogen and oxygen atoms in total. The summed E-state index contributed by atoms with van der Waals surface area (Å²) in [4.78, 5) is 0.471. The van der Waals surface area contributed by atoms with Gasteiger partial charge in [0.15, 0.2) is 0 Å². The Labute approximate surface area is 121 Å². The van der Waals surface area contributed by atoms with Gasteiger partial charge in [0, 0.05) is 19.6 Å². The Bertz CT molecular complexity index is 594. The maximum Gasteiger partial charge on any atom is 0.243 e. The van der Waals surface area contributed by atoms with Crippen LogP contribution in [0.2, 0.25) is 0 Å². The standard InChI is InChI=1S/C15H22N2O2S/c1-2-8-17(14-10-16-11-14)20(18,19)15-7-6-12-4-3-5-13(12)9-15/h6-7,9,14,16H,2-5,8,10-11H2,1H3. The first-order valence-electron chi connectivity index (χ1n) is 7.47. The van der Waals surface area contributed by atoms with Gasteiger partial charge in [-0.25, -0.2) is 8.42 Å². The zero-order chi connectivity index (χ0) is 14.2. The van der Waals surface area contributed by atoms with Crippen LogP contribution in [0.25, 0.3) is 0 Å². The van der Waals surface area contributed by atoms with E-state index >= 15 is 0 Å². The molecule has 0 radical (unpaired) electrons. The van der Waals surface area contributed by atoms with Crippen molar-refractivity contribution in [2.24, 2.45) is 0 Å². The molecule has 0 aromatic heterocycles. The van der Waals surface area contributed by atoms with Crippen molar-refractivity contribution in [3.05, 3.63) is 29.3 Å².